The summed E-state index contributed by atoms with van der Waals surface area (Å²) in [6, 6.07) is 6.91. The van der Waals surface area contributed by atoms with Crippen LogP contribution in [0.15, 0.2) is 34.7 Å². The molecule has 20 heavy (non-hydrogen) atoms. The smallest absolute Gasteiger partial charge is 0.433 e. The number of rotatable bonds is 6. The molecule has 0 fully saturated rings. The van der Waals surface area contributed by atoms with Crippen LogP contribution in [0.25, 0.3) is 0 Å². The predicted molar refractivity (Wildman–Crippen MR) is 70.3 cm³/mol. The number of ether oxygens (including phenoxy) is 1. The molecule has 106 valence electrons. The van der Waals surface area contributed by atoms with Crippen molar-refractivity contribution >= 4 is 11.6 Å². The average Bonchev–Trinajstić information content (AvgIpc) is 2.87. The second-order valence-electron chi connectivity index (χ2n) is 3.92. The Kier molecular flexibility index (Phi) is 4.19. The Morgan fingerprint density at radius 1 is 1.40 bits per heavy atom. The lowest BCUT2D eigenvalue weighted by Crippen LogP contribution is -2.02. The lowest BCUT2D eigenvalue weighted by atomic mass is 10.2. The zero-order valence-corrected chi connectivity index (χ0v) is 10.8. The van der Waals surface area contributed by atoms with Crippen LogP contribution in [0.1, 0.15) is 12.7 Å². The van der Waals surface area contributed by atoms with E-state index in [-0.39, 0.29) is 12.4 Å². The molecule has 6 nitrogen and oxygen atoms in total. The first kappa shape index (κ1) is 13.9. The molecule has 0 atom stereocenters. The quantitative estimate of drug-likeness (QED) is 0.648. The van der Waals surface area contributed by atoms with Gasteiger partial charge in [-0.2, -0.15) is 0 Å². The van der Waals surface area contributed by atoms with Crippen LogP contribution < -0.4 is 10.1 Å². The second kappa shape index (κ2) is 6.05. The summed E-state index contributed by atoms with van der Waals surface area (Å²) in [5.41, 5.74) is 0.590. The largest absolute Gasteiger partial charge is 0.492 e. The predicted octanol–water partition coefficient (Wildman–Crippen LogP) is 3.34. The Labute approximate surface area is 114 Å². The molecule has 1 aromatic heterocycles. The maximum absolute atomic E-state index is 13.1. The molecule has 2 rings (SSSR count). The molecule has 0 amide bonds. The van der Waals surface area contributed by atoms with Crippen LogP contribution in [0.5, 0.6) is 5.75 Å². The van der Waals surface area contributed by atoms with Crippen molar-refractivity contribution in [2.75, 3.05) is 11.9 Å². The van der Waals surface area contributed by atoms with E-state index in [4.69, 9.17) is 9.15 Å². The summed E-state index contributed by atoms with van der Waals surface area (Å²) >= 11 is 0. The molecule has 0 bridgehead atoms. The van der Waals surface area contributed by atoms with Crippen molar-refractivity contribution in [3.63, 3.8) is 0 Å². The molecule has 1 N–H and O–H groups in total. The number of nitrogens with zero attached hydrogens (tertiary/aromatic N) is 1. The van der Waals surface area contributed by atoms with Gasteiger partial charge in [-0.15, -0.1) is 0 Å². The standard InChI is InChI=1S/C13H13FN2O4/c1-2-19-12-7-9(14)3-5-11(12)15-8-10-4-6-13(20-10)16(17)18/h3-7,15H,2,8H2,1H3. The lowest BCUT2D eigenvalue weighted by molar-refractivity contribution is -0.402. The van der Waals surface area contributed by atoms with Crippen molar-refractivity contribution in [2.24, 2.45) is 0 Å². The molecule has 1 heterocycles. The third-order valence-corrected chi connectivity index (χ3v) is 2.52. The van der Waals surface area contributed by atoms with Gasteiger partial charge in [-0.1, -0.05) is 0 Å². The van der Waals surface area contributed by atoms with Gasteiger partial charge in [0.1, 0.15) is 22.3 Å². The summed E-state index contributed by atoms with van der Waals surface area (Å²) in [5, 5.41) is 13.5. The van der Waals surface area contributed by atoms with Crippen molar-refractivity contribution in [2.45, 2.75) is 13.5 Å². The van der Waals surface area contributed by atoms with E-state index < -0.39 is 10.7 Å². The highest BCUT2D eigenvalue weighted by Crippen LogP contribution is 2.26. The van der Waals surface area contributed by atoms with Crippen molar-refractivity contribution in [3.05, 3.63) is 52.0 Å². The van der Waals surface area contributed by atoms with Crippen molar-refractivity contribution in [1.82, 2.24) is 0 Å². The zero-order valence-electron chi connectivity index (χ0n) is 10.8. The maximum Gasteiger partial charge on any atom is 0.433 e. The van der Waals surface area contributed by atoms with Gasteiger partial charge in [0.25, 0.3) is 0 Å². The van der Waals surface area contributed by atoms with Crippen LogP contribution in [0.4, 0.5) is 16.0 Å². The maximum atomic E-state index is 13.1. The highest BCUT2D eigenvalue weighted by molar-refractivity contribution is 5.56. The monoisotopic (exact) mass is 280 g/mol. The van der Waals surface area contributed by atoms with Crippen molar-refractivity contribution in [1.29, 1.82) is 0 Å². The van der Waals surface area contributed by atoms with E-state index in [9.17, 15) is 14.5 Å². The summed E-state index contributed by atoms with van der Waals surface area (Å²) in [5.74, 6) is 0.0793. The Morgan fingerprint density at radius 3 is 2.85 bits per heavy atom. The molecule has 1 aromatic carbocycles. The minimum atomic E-state index is -0.604. The molecule has 0 aliphatic rings. The van der Waals surface area contributed by atoms with Crippen LogP contribution in [-0.4, -0.2) is 11.5 Å². The molecular weight excluding hydrogens is 267 g/mol. The van der Waals surface area contributed by atoms with Crippen LogP contribution in [-0.2, 0) is 6.54 Å². The Hall–Kier alpha value is -2.57. The molecule has 7 heteroatoms. The number of anilines is 1. The molecule has 0 radical (unpaired) electrons. The molecule has 0 unspecified atom stereocenters. The number of furan rings is 1. The van der Waals surface area contributed by atoms with E-state index in [0.29, 0.717) is 23.8 Å². The number of halogens is 1. The minimum absolute atomic E-state index is 0.236. The van der Waals surface area contributed by atoms with Gasteiger partial charge < -0.3 is 14.5 Å². The highest BCUT2D eigenvalue weighted by Gasteiger charge is 2.12. The van der Waals surface area contributed by atoms with E-state index in [1.165, 1.54) is 30.3 Å². The summed E-state index contributed by atoms with van der Waals surface area (Å²) < 4.78 is 23.4. The summed E-state index contributed by atoms with van der Waals surface area (Å²) in [7, 11) is 0. The van der Waals surface area contributed by atoms with Gasteiger partial charge in [0.05, 0.1) is 24.9 Å². The third kappa shape index (κ3) is 3.25. The first-order valence-electron chi connectivity index (χ1n) is 5.99. The van der Waals surface area contributed by atoms with Gasteiger partial charge in [-0.25, -0.2) is 4.39 Å². The van der Waals surface area contributed by atoms with Gasteiger partial charge in [0.2, 0.25) is 0 Å². The fraction of sp³-hybridized carbons (Fsp3) is 0.231. The zero-order chi connectivity index (χ0) is 14.5. The van der Waals surface area contributed by atoms with E-state index in [0.717, 1.165) is 0 Å². The molecule has 0 saturated carbocycles. The lowest BCUT2D eigenvalue weighted by Gasteiger charge is -2.11. The van der Waals surface area contributed by atoms with Gasteiger partial charge >= 0.3 is 5.88 Å². The summed E-state index contributed by atoms with van der Waals surface area (Å²) in [4.78, 5) is 9.89. The average molecular weight is 280 g/mol. The topological polar surface area (TPSA) is 77.5 Å². The number of nitrogens with one attached hydrogen (secondary N) is 1. The van der Waals surface area contributed by atoms with E-state index >= 15 is 0 Å². The molecular formula is C13H13FN2O4. The van der Waals surface area contributed by atoms with Gasteiger partial charge in [0, 0.05) is 6.07 Å². The molecule has 0 saturated heterocycles. The fourth-order valence-corrected chi connectivity index (χ4v) is 1.66. The molecule has 0 spiro atoms. The molecule has 2 aromatic rings. The van der Waals surface area contributed by atoms with Gasteiger partial charge in [0.15, 0.2) is 0 Å². The normalized spacial score (nSPS) is 10.3. The van der Waals surface area contributed by atoms with Crippen LogP contribution in [0.3, 0.4) is 0 Å². The Balaban J connectivity index is 2.07. The van der Waals surface area contributed by atoms with Gasteiger partial charge in [-0.3, -0.25) is 10.1 Å². The second-order valence-corrected chi connectivity index (χ2v) is 3.92. The summed E-state index contributed by atoms with van der Waals surface area (Å²) in [6.07, 6.45) is 0. The molecule has 0 aliphatic carbocycles. The number of hydrogen-bond acceptors (Lipinski definition) is 5. The van der Waals surface area contributed by atoms with Gasteiger partial charge in [-0.05, 0) is 25.1 Å². The Bertz CT molecular complexity index is 612. The third-order valence-electron chi connectivity index (χ3n) is 2.52. The van der Waals surface area contributed by atoms with Crippen LogP contribution in [0.2, 0.25) is 0 Å². The number of nitro groups is 1. The first-order valence-corrected chi connectivity index (χ1v) is 5.99. The number of benzene rings is 1. The summed E-state index contributed by atoms with van der Waals surface area (Å²) in [6.45, 7) is 2.44. The Morgan fingerprint density at radius 2 is 2.20 bits per heavy atom. The SMILES string of the molecule is CCOc1cc(F)ccc1NCc1ccc([N+](=O)[O-])o1. The van der Waals surface area contributed by atoms with Crippen LogP contribution in [0, 0.1) is 15.9 Å². The first-order chi connectivity index (χ1) is 9.60. The minimum Gasteiger partial charge on any atom is -0.492 e. The number of hydrogen-bond donors (Lipinski definition) is 1. The highest BCUT2D eigenvalue weighted by atomic mass is 19.1. The fourth-order valence-electron chi connectivity index (χ4n) is 1.66. The van der Waals surface area contributed by atoms with E-state index in [1.54, 1.807) is 6.92 Å². The van der Waals surface area contributed by atoms with Crippen molar-refractivity contribution < 1.29 is 18.5 Å². The van der Waals surface area contributed by atoms with E-state index in [2.05, 4.69) is 5.32 Å². The van der Waals surface area contributed by atoms with Crippen LogP contribution >= 0.6 is 0 Å². The molecule has 0 aliphatic heterocycles. The van der Waals surface area contributed by atoms with Crippen molar-refractivity contribution in [3.8, 4) is 5.75 Å². The van der Waals surface area contributed by atoms with E-state index in [1.807, 2.05) is 0 Å².